The van der Waals surface area contributed by atoms with E-state index >= 15 is 0 Å². The van der Waals surface area contributed by atoms with Crippen molar-refractivity contribution >= 4 is 50.6 Å². The van der Waals surface area contributed by atoms with E-state index in [4.69, 9.17) is 0 Å². The van der Waals surface area contributed by atoms with Crippen LogP contribution in [0, 0.1) is 17.0 Å². The van der Waals surface area contributed by atoms with Gasteiger partial charge in [-0.3, -0.25) is 24.6 Å². The minimum atomic E-state index is -0.466. The Kier molecular flexibility index (Phi) is 5.24. The van der Waals surface area contributed by atoms with E-state index in [-0.39, 0.29) is 22.4 Å². The summed E-state index contributed by atoms with van der Waals surface area (Å²) in [7, 11) is 0. The fourth-order valence-electron chi connectivity index (χ4n) is 2.47. The van der Waals surface area contributed by atoms with Crippen molar-refractivity contribution < 1.29 is 14.5 Å². The predicted molar refractivity (Wildman–Crippen MR) is 103 cm³/mol. The topological polar surface area (TPSA) is 80.5 Å². The van der Waals surface area contributed by atoms with E-state index < -0.39 is 10.8 Å². The lowest BCUT2D eigenvalue weighted by molar-refractivity contribution is -0.385. The van der Waals surface area contributed by atoms with Crippen LogP contribution < -0.4 is 0 Å². The van der Waals surface area contributed by atoms with Crippen molar-refractivity contribution in [3.8, 4) is 0 Å². The maximum absolute atomic E-state index is 12.6. The first-order chi connectivity index (χ1) is 12.3. The zero-order valence-corrected chi connectivity index (χ0v) is 16.0. The highest BCUT2D eigenvalue weighted by atomic mass is 79.9. The summed E-state index contributed by atoms with van der Waals surface area (Å²) in [4.78, 5) is 36.8. The molecule has 26 heavy (non-hydrogen) atoms. The number of halogens is 1. The Morgan fingerprint density at radius 3 is 2.54 bits per heavy atom. The number of amides is 2. The lowest BCUT2D eigenvalue weighted by Crippen LogP contribution is -2.27. The lowest BCUT2D eigenvalue weighted by Gasteiger charge is -2.12. The Morgan fingerprint density at radius 1 is 1.19 bits per heavy atom. The molecule has 0 saturated carbocycles. The Hall–Kier alpha value is -2.45. The van der Waals surface area contributed by atoms with Crippen molar-refractivity contribution in [3.63, 3.8) is 0 Å². The van der Waals surface area contributed by atoms with Crippen molar-refractivity contribution in [1.29, 1.82) is 0 Å². The average molecular weight is 433 g/mol. The molecule has 1 heterocycles. The summed E-state index contributed by atoms with van der Waals surface area (Å²) >= 11 is 4.18. The number of carbonyl (C=O) groups is 2. The largest absolute Gasteiger partial charge is 0.293 e. The van der Waals surface area contributed by atoms with Gasteiger partial charge in [-0.05, 0) is 48.0 Å². The number of nitro benzene ring substituents is 1. The first kappa shape index (κ1) is 18.3. The van der Waals surface area contributed by atoms with Crippen LogP contribution in [0.4, 0.5) is 10.5 Å². The molecule has 0 atom stereocenters. The highest BCUT2D eigenvalue weighted by Gasteiger charge is 2.35. The molecule has 2 aromatic carbocycles. The van der Waals surface area contributed by atoms with Gasteiger partial charge in [-0.1, -0.05) is 40.2 Å². The van der Waals surface area contributed by atoms with Crippen molar-refractivity contribution in [3.05, 3.63) is 78.6 Å². The monoisotopic (exact) mass is 432 g/mol. The zero-order chi connectivity index (χ0) is 18.8. The van der Waals surface area contributed by atoms with Crippen LogP contribution in [0.5, 0.6) is 0 Å². The second-order valence-electron chi connectivity index (χ2n) is 5.70. The maximum atomic E-state index is 12.6. The average Bonchev–Trinajstić information content (AvgIpc) is 2.85. The van der Waals surface area contributed by atoms with Crippen molar-refractivity contribution in [2.45, 2.75) is 13.5 Å². The van der Waals surface area contributed by atoms with Crippen molar-refractivity contribution in [1.82, 2.24) is 4.90 Å². The predicted octanol–water partition coefficient (Wildman–Crippen LogP) is 4.90. The molecule has 0 aliphatic carbocycles. The molecule has 0 bridgehead atoms. The maximum Gasteiger partial charge on any atom is 0.293 e. The Morgan fingerprint density at radius 2 is 1.88 bits per heavy atom. The molecule has 2 amide bonds. The first-order valence-corrected chi connectivity index (χ1v) is 9.21. The number of imide groups is 1. The van der Waals surface area contributed by atoms with Crippen LogP contribution in [0.25, 0.3) is 6.08 Å². The molecule has 1 aliphatic rings. The molecule has 0 N–H and O–H groups in total. The SMILES string of the molecule is Cc1ccc(/C=C2\SC(=O)N(Cc3ccc(Br)cc3)C2=O)cc1[N+](=O)[O-]. The van der Waals surface area contributed by atoms with Crippen LogP contribution in [-0.4, -0.2) is 21.0 Å². The van der Waals surface area contributed by atoms with E-state index in [1.807, 2.05) is 24.3 Å². The number of nitro groups is 1. The minimum Gasteiger partial charge on any atom is -0.268 e. The van der Waals surface area contributed by atoms with Gasteiger partial charge < -0.3 is 0 Å². The van der Waals surface area contributed by atoms with E-state index in [0.717, 1.165) is 21.8 Å². The summed E-state index contributed by atoms with van der Waals surface area (Å²) in [5, 5.41) is 10.7. The molecule has 3 rings (SSSR count). The Bertz CT molecular complexity index is 941. The molecular weight excluding hydrogens is 420 g/mol. The second-order valence-corrected chi connectivity index (χ2v) is 7.61. The fourth-order valence-corrected chi connectivity index (χ4v) is 3.58. The minimum absolute atomic E-state index is 0.0205. The number of hydrogen-bond donors (Lipinski definition) is 0. The number of aryl methyl sites for hydroxylation is 1. The van der Waals surface area contributed by atoms with Crippen LogP contribution in [0.3, 0.4) is 0 Å². The van der Waals surface area contributed by atoms with E-state index in [0.29, 0.717) is 11.1 Å². The van der Waals surface area contributed by atoms with E-state index in [1.165, 1.54) is 17.0 Å². The molecule has 0 radical (unpaired) electrons. The molecule has 0 aromatic heterocycles. The molecule has 1 fully saturated rings. The highest BCUT2D eigenvalue weighted by Crippen LogP contribution is 2.34. The molecule has 1 aliphatic heterocycles. The molecule has 0 spiro atoms. The molecule has 132 valence electrons. The number of thioether (sulfide) groups is 1. The lowest BCUT2D eigenvalue weighted by atomic mass is 10.1. The fraction of sp³-hybridized carbons (Fsp3) is 0.111. The third-order valence-electron chi connectivity index (χ3n) is 3.86. The summed E-state index contributed by atoms with van der Waals surface area (Å²) in [5.41, 5.74) is 1.86. The zero-order valence-electron chi connectivity index (χ0n) is 13.6. The van der Waals surface area contributed by atoms with Crippen LogP contribution in [0.1, 0.15) is 16.7 Å². The molecule has 1 saturated heterocycles. The number of rotatable bonds is 4. The van der Waals surface area contributed by atoms with Crippen molar-refractivity contribution in [2.24, 2.45) is 0 Å². The summed E-state index contributed by atoms with van der Waals surface area (Å²) < 4.78 is 0.913. The van der Waals surface area contributed by atoms with Crippen LogP contribution in [0.15, 0.2) is 51.8 Å². The molecule has 2 aromatic rings. The smallest absolute Gasteiger partial charge is 0.268 e. The van der Waals surface area contributed by atoms with Gasteiger partial charge >= 0.3 is 0 Å². The molecular formula is C18H13BrN2O4S. The quantitative estimate of drug-likeness (QED) is 0.389. The van der Waals surface area contributed by atoms with Gasteiger partial charge in [0.25, 0.3) is 16.8 Å². The number of benzene rings is 2. The Balaban J connectivity index is 1.84. The van der Waals surface area contributed by atoms with Gasteiger partial charge in [0.1, 0.15) is 0 Å². The van der Waals surface area contributed by atoms with Gasteiger partial charge in [0.15, 0.2) is 0 Å². The van der Waals surface area contributed by atoms with E-state index in [9.17, 15) is 19.7 Å². The van der Waals surface area contributed by atoms with E-state index in [2.05, 4.69) is 15.9 Å². The van der Waals surface area contributed by atoms with Gasteiger partial charge in [-0.15, -0.1) is 0 Å². The third-order valence-corrected chi connectivity index (χ3v) is 5.29. The summed E-state index contributed by atoms with van der Waals surface area (Å²) in [5.74, 6) is -0.397. The van der Waals surface area contributed by atoms with Gasteiger partial charge in [0.05, 0.1) is 16.4 Å². The molecule has 0 unspecified atom stereocenters. The highest BCUT2D eigenvalue weighted by molar-refractivity contribution is 9.10. The second kappa shape index (κ2) is 7.43. The van der Waals surface area contributed by atoms with Gasteiger partial charge in [0, 0.05) is 16.1 Å². The normalized spacial score (nSPS) is 15.8. The molecule has 8 heteroatoms. The van der Waals surface area contributed by atoms with Gasteiger partial charge in [0.2, 0.25) is 0 Å². The van der Waals surface area contributed by atoms with Crippen molar-refractivity contribution in [2.75, 3.05) is 0 Å². The standard InChI is InChI=1S/C18H13BrN2O4S/c1-11-2-3-13(8-15(11)21(24)25)9-16-17(22)20(18(23)26-16)10-12-4-6-14(19)7-5-12/h2-9H,10H2,1H3/b16-9-. The van der Waals surface area contributed by atoms with Crippen LogP contribution in [0.2, 0.25) is 0 Å². The molecule has 6 nitrogen and oxygen atoms in total. The summed E-state index contributed by atoms with van der Waals surface area (Å²) in [6, 6.07) is 12.1. The number of nitrogens with zero attached hydrogens (tertiary/aromatic N) is 2. The number of carbonyl (C=O) groups excluding carboxylic acids is 2. The van der Waals surface area contributed by atoms with Crippen LogP contribution in [-0.2, 0) is 11.3 Å². The van der Waals surface area contributed by atoms with Crippen LogP contribution >= 0.6 is 27.7 Å². The number of hydrogen-bond acceptors (Lipinski definition) is 5. The Labute approximate surface area is 162 Å². The van der Waals surface area contributed by atoms with Gasteiger partial charge in [-0.2, -0.15) is 0 Å². The first-order valence-electron chi connectivity index (χ1n) is 7.60. The third kappa shape index (κ3) is 3.86. The van der Waals surface area contributed by atoms with E-state index in [1.54, 1.807) is 19.1 Å². The summed E-state index contributed by atoms with van der Waals surface area (Å²) in [6.45, 7) is 1.83. The van der Waals surface area contributed by atoms with Gasteiger partial charge in [-0.25, -0.2) is 0 Å². The summed E-state index contributed by atoms with van der Waals surface area (Å²) in [6.07, 6.45) is 1.51.